The first-order valence-corrected chi connectivity index (χ1v) is 10.4. The molecule has 32 heavy (non-hydrogen) atoms. The molecular weight excluding hydrogens is 410 g/mol. The van der Waals surface area contributed by atoms with Crippen LogP contribution in [0.1, 0.15) is 35.7 Å². The lowest BCUT2D eigenvalue weighted by atomic mass is 9.90. The Kier molecular flexibility index (Phi) is 6.84. The predicted molar refractivity (Wildman–Crippen MR) is 121 cm³/mol. The van der Waals surface area contributed by atoms with Crippen molar-refractivity contribution in [2.75, 3.05) is 32.1 Å². The normalized spacial score (nSPS) is 21.1. The molecule has 0 aliphatic carbocycles. The second kappa shape index (κ2) is 9.40. The minimum Gasteiger partial charge on any atom is -0.508 e. The molecule has 170 valence electrons. The van der Waals surface area contributed by atoms with Gasteiger partial charge in [0.25, 0.3) is 5.91 Å². The molecule has 1 heterocycles. The number of ketones is 1. The summed E-state index contributed by atoms with van der Waals surface area (Å²) >= 11 is 0. The summed E-state index contributed by atoms with van der Waals surface area (Å²) in [6.45, 7) is 3.29. The Labute approximate surface area is 187 Å². The van der Waals surface area contributed by atoms with Crippen LogP contribution in [0.2, 0.25) is 0 Å². The maximum absolute atomic E-state index is 13.2. The van der Waals surface area contributed by atoms with Gasteiger partial charge in [0, 0.05) is 31.9 Å². The zero-order chi connectivity index (χ0) is 23.5. The Morgan fingerprint density at radius 2 is 1.91 bits per heavy atom. The fourth-order valence-electron chi connectivity index (χ4n) is 3.57. The summed E-state index contributed by atoms with van der Waals surface area (Å²) in [7, 11) is 3.82. The van der Waals surface area contributed by atoms with Crippen LogP contribution < -0.4 is 15.5 Å². The Morgan fingerprint density at radius 1 is 1.22 bits per heavy atom. The van der Waals surface area contributed by atoms with Gasteiger partial charge < -0.3 is 25.4 Å². The molecule has 0 radical (unpaired) electrons. The molecule has 8 heteroatoms. The molecule has 0 aromatic heterocycles. The second-order valence-electron chi connectivity index (χ2n) is 8.37. The minimum absolute atomic E-state index is 0.00533. The van der Waals surface area contributed by atoms with Crippen LogP contribution in [-0.4, -0.2) is 61.6 Å². The quantitative estimate of drug-likeness (QED) is 0.608. The van der Waals surface area contributed by atoms with E-state index in [1.807, 2.05) is 31.1 Å². The monoisotopic (exact) mass is 439 g/mol. The fourth-order valence-corrected chi connectivity index (χ4v) is 3.57. The van der Waals surface area contributed by atoms with Gasteiger partial charge in [-0.1, -0.05) is 12.1 Å². The van der Waals surface area contributed by atoms with E-state index < -0.39 is 23.5 Å². The second-order valence-corrected chi connectivity index (χ2v) is 8.37. The Morgan fingerprint density at radius 3 is 2.47 bits per heavy atom. The van der Waals surface area contributed by atoms with E-state index in [1.165, 1.54) is 12.1 Å². The van der Waals surface area contributed by atoms with Gasteiger partial charge >= 0.3 is 0 Å². The Balaban J connectivity index is 1.78. The summed E-state index contributed by atoms with van der Waals surface area (Å²) in [4.78, 5) is 40.2. The summed E-state index contributed by atoms with van der Waals surface area (Å²) in [5, 5.41) is 15.5. The molecule has 1 saturated heterocycles. The van der Waals surface area contributed by atoms with Gasteiger partial charge in [-0.3, -0.25) is 14.4 Å². The van der Waals surface area contributed by atoms with Crippen molar-refractivity contribution in [1.29, 1.82) is 0 Å². The van der Waals surface area contributed by atoms with Gasteiger partial charge in [0.2, 0.25) is 5.91 Å². The highest BCUT2D eigenvalue weighted by molar-refractivity contribution is 5.98. The fraction of sp³-hybridized carbons (Fsp3) is 0.375. The SMILES string of the molecule is CC1OCC(=O)C1(C)NC(=O)C(CNC(=O)c1ccc(N(C)C)cc1)c1cccc(O)c1. The van der Waals surface area contributed by atoms with E-state index in [2.05, 4.69) is 10.6 Å². The highest BCUT2D eigenvalue weighted by Crippen LogP contribution is 2.26. The van der Waals surface area contributed by atoms with E-state index in [4.69, 9.17) is 4.74 Å². The van der Waals surface area contributed by atoms with E-state index in [1.54, 1.807) is 38.1 Å². The van der Waals surface area contributed by atoms with E-state index in [0.29, 0.717) is 11.1 Å². The molecule has 3 atom stereocenters. The van der Waals surface area contributed by atoms with Crippen LogP contribution in [0.4, 0.5) is 5.69 Å². The van der Waals surface area contributed by atoms with Crippen LogP contribution in [0, 0.1) is 0 Å². The van der Waals surface area contributed by atoms with Gasteiger partial charge in [-0.15, -0.1) is 0 Å². The first-order valence-electron chi connectivity index (χ1n) is 10.4. The average Bonchev–Trinajstić information content (AvgIpc) is 3.00. The van der Waals surface area contributed by atoms with Crippen molar-refractivity contribution in [3.63, 3.8) is 0 Å². The molecule has 1 aliphatic rings. The lowest BCUT2D eigenvalue weighted by Crippen LogP contribution is -2.57. The molecule has 3 unspecified atom stereocenters. The molecule has 0 spiro atoms. The molecule has 0 bridgehead atoms. The first-order chi connectivity index (χ1) is 15.1. The molecule has 2 aromatic carbocycles. The summed E-state index contributed by atoms with van der Waals surface area (Å²) in [6, 6.07) is 13.4. The van der Waals surface area contributed by atoms with E-state index in [0.717, 1.165) is 5.69 Å². The van der Waals surface area contributed by atoms with Crippen LogP contribution in [0.15, 0.2) is 48.5 Å². The summed E-state index contributed by atoms with van der Waals surface area (Å²) in [6.07, 6.45) is -0.478. The van der Waals surface area contributed by atoms with Gasteiger partial charge in [-0.25, -0.2) is 0 Å². The third-order valence-electron chi connectivity index (χ3n) is 5.94. The zero-order valence-electron chi connectivity index (χ0n) is 18.7. The number of hydrogen-bond donors (Lipinski definition) is 3. The molecule has 3 N–H and O–H groups in total. The number of ether oxygens (including phenoxy) is 1. The summed E-state index contributed by atoms with van der Waals surface area (Å²) in [5.74, 6) is -1.78. The van der Waals surface area contributed by atoms with Gasteiger partial charge in [0.1, 0.15) is 17.9 Å². The van der Waals surface area contributed by atoms with E-state index in [-0.39, 0.29) is 30.6 Å². The van der Waals surface area contributed by atoms with Crippen molar-refractivity contribution in [2.24, 2.45) is 0 Å². The van der Waals surface area contributed by atoms with Gasteiger partial charge in [0.15, 0.2) is 5.78 Å². The van der Waals surface area contributed by atoms with Gasteiger partial charge in [0.05, 0.1) is 12.0 Å². The van der Waals surface area contributed by atoms with Crippen molar-refractivity contribution in [3.05, 3.63) is 59.7 Å². The molecule has 1 aliphatic heterocycles. The lowest BCUT2D eigenvalue weighted by molar-refractivity contribution is -0.130. The van der Waals surface area contributed by atoms with Crippen LogP contribution in [0.3, 0.4) is 0 Å². The third kappa shape index (κ3) is 4.91. The van der Waals surface area contributed by atoms with Crippen molar-refractivity contribution < 1.29 is 24.2 Å². The minimum atomic E-state index is -1.15. The number of aromatic hydroxyl groups is 1. The van der Waals surface area contributed by atoms with Crippen molar-refractivity contribution in [2.45, 2.75) is 31.4 Å². The maximum atomic E-state index is 13.2. The van der Waals surface area contributed by atoms with Crippen molar-refractivity contribution in [3.8, 4) is 5.75 Å². The molecular formula is C24H29N3O5. The van der Waals surface area contributed by atoms with Crippen LogP contribution in [-0.2, 0) is 14.3 Å². The number of amides is 2. The number of phenolic OH excluding ortho intramolecular Hbond substituents is 1. The summed E-state index contributed by atoms with van der Waals surface area (Å²) < 4.78 is 5.39. The standard InChI is InChI=1S/C24H29N3O5/c1-15-24(2,21(29)14-32-15)26-23(31)20(17-6-5-7-19(28)12-17)13-25-22(30)16-8-10-18(11-9-16)27(3)4/h5-12,15,20,28H,13-14H2,1-4H3,(H,25,30)(H,26,31). The van der Waals surface area contributed by atoms with E-state index >= 15 is 0 Å². The number of phenols is 1. The molecule has 2 amide bonds. The number of hydrogen-bond acceptors (Lipinski definition) is 6. The highest BCUT2D eigenvalue weighted by atomic mass is 16.5. The molecule has 3 rings (SSSR count). The predicted octanol–water partition coefficient (Wildman–Crippen LogP) is 1.83. The maximum Gasteiger partial charge on any atom is 0.251 e. The molecule has 8 nitrogen and oxygen atoms in total. The third-order valence-corrected chi connectivity index (χ3v) is 5.94. The van der Waals surface area contributed by atoms with Gasteiger partial charge in [-0.05, 0) is 55.8 Å². The number of nitrogens with zero attached hydrogens (tertiary/aromatic N) is 1. The number of rotatable bonds is 7. The van der Waals surface area contributed by atoms with Crippen LogP contribution in [0.25, 0.3) is 0 Å². The number of carbonyl (C=O) groups excluding carboxylic acids is 3. The number of carbonyl (C=O) groups is 3. The lowest BCUT2D eigenvalue weighted by Gasteiger charge is -2.29. The number of benzene rings is 2. The van der Waals surface area contributed by atoms with Crippen molar-refractivity contribution >= 4 is 23.3 Å². The van der Waals surface area contributed by atoms with Crippen molar-refractivity contribution in [1.82, 2.24) is 10.6 Å². The van der Waals surface area contributed by atoms with Gasteiger partial charge in [-0.2, -0.15) is 0 Å². The van der Waals surface area contributed by atoms with E-state index in [9.17, 15) is 19.5 Å². The first kappa shape index (κ1) is 23.3. The Hall–Kier alpha value is -3.39. The topological polar surface area (TPSA) is 108 Å². The molecule has 0 saturated carbocycles. The highest BCUT2D eigenvalue weighted by Gasteiger charge is 2.47. The smallest absolute Gasteiger partial charge is 0.251 e. The van der Waals surface area contributed by atoms with Crippen LogP contribution in [0.5, 0.6) is 5.75 Å². The molecule has 2 aromatic rings. The zero-order valence-corrected chi connectivity index (χ0v) is 18.7. The number of Topliss-reactive ketones (excluding diaryl/α,β-unsaturated/α-hetero) is 1. The largest absolute Gasteiger partial charge is 0.508 e. The average molecular weight is 440 g/mol. The number of anilines is 1. The number of nitrogens with one attached hydrogen (secondary N) is 2. The summed E-state index contributed by atoms with van der Waals surface area (Å²) in [5.41, 5.74) is 0.793. The van der Waals surface area contributed by atoms with Crippen LogP contribution >= 0.6 is 0 Å². The molecule has 1 fully saturated rings. The Bertz CT molecular complexity index is 1000.